The van der Waals surface area contributed by atoms with Crippen molar-refractivity contribution in [3.8, 4) is 0 Å². The summed E-state index contributed by atoms with van der Waals surface area (Å²) in [6.45, 7) is -0.440. The summed E-state index contributed by atoms with van der Waals surface area (Å²) in [7, 11) is 0. The van der Waals surface area contributed by atoms with Gasteiger partial charge >= 0.3 is 0 Å². The lowest BCUT2D eigenvalue weighted by molar-refractivity contribution is 0.0905. The molecule has 0 spiro atoms. The van der Waals surface area contributed by atoms with Crippen molar-refractivity contribution in [3.63, 3.8) is 0 Å². The monoisotopic (exact) mass is 175 g/mol. The third-order valence-corrected chi connectivity index (χ3v) is 2.04. The Bertz CT molecular complexity index is 445. The summed E-state index contributed by atoms with van der Waals surface area (Å²) in [6.07, 6.45) is 1.78. The van der Waals surface area contributed by atoms with E-state index in [2.05, 4.69) is 4.98 Å². The lowest BCUT2D eigenvalue weighted by atomic mass is 10.1. The number of aliphatic hydroxyl groups excluding tert-OH is 1. The van der Waals surface area contributed by atoms with E-state index in [-0.39, 0.29) is 5.78 Å². The Morgan fingerprint density at radius 2 is 2.23 bits per heavy atom. The number of hydrogen-bond donors (Lipinski definition) is 2. The number of carbonyl (C=O) groups is 1. The van der Waals surface area contributed by atoms with Crippen LogP contribution in [0.25, 0.3) is 10.9 Å². The smallest absolute Gasteiger partial charge is 0.188 e. The Morgan fingerprint density at radius 1 is 1.38 bits per heavy atom. The first kappa shape index (κ1) is 8.01. The molecule has 0 aliphatic rings. The number of Topliss-reactive ketones (excluding diaryl/α,β-unsaturated/α-hetero) is 1. The van der Waals surface area contributed by atoms with Gasteiger partial charge in [-0.05, 0) is 12.1 Å². The van der Waals surface area contributed by atoms with Crippen LogP contribution in [-0.2, 0) is 0 Å². The summed E-state index contributed by atoms with van der Waals surface area (Å²) < 4.78 is 0. The molecule has 0 atom stereocenters. The van der Waals surface area contributed by atoms with E-state index in [9.17, 15) is 4.79 Å². The summed E-state index contributed by atoms with van der Waals surface area (Å²) in [4.78, 5) is 14.3. The van der Waals surface area contributed by atoms with Gasteiger partial charge in [0.15, 0.2) is 5.78 Å². The molecule has 1 aromatic heterocycles. The summed E-state index contributed by atoms with van der Waals surface area (Å²) in [5.41, 5.74) is 1.49. The lowest BCUT2D eigenvalue weighted by Gasteiger charge is -1.98. The minimum Gasteiger partial charge on any atom is -0.388 e. The maximum atomic E-state index is 11.3. The van der Waals surface area contributed by atoms with E-state index in [4.69, 9.17) is 5.11 Å². The van der Waals surface area contributed by atoms with Crippen molar-refractivity contribution in [1.82, 2.24) is 4.98 Å². The summed E-state index contributed by atoms with van der Waals surface area (Å²) in [5, 5.41) is 9.59. The number of hydrogen-bond acceptors (Lipinski definition) is 2. The van der Waals surface area contributed by atoms with Gasteiger partial charge in [-0.3, -0.25) is 4.79 Å². The van der Waals surface area contributed by atoms with E-state index in [0.29, 0.717) is 5.56 Å². The van der Waals surface area contributed by atoms with Gasteiger partial charge in [-0.1, -0.05) is 12.1 Å². The highest BCUT2D eigenvalue weighted by Gasteiger charge is 2.08. The van der Waals surface area contributed by atoms with E-state index in [1.54, 1.807) is 18.3 Å². The van der Waals surface area contributed by atoms with E-state index < -0.39 is 6.61 Å². The number of H-pyrrole nitrogens is 1. The summed E-state index contributed by atoms with van der Waals surface area (Å²) >= 11 is 0. The number of aromatic amines is 1. The van der Waals surface area contributed by atoms with Gasteiger partial charge in [0, 0.05) is 22.7 Å². The SMILES string of the molecule is O=C(CO)c1cccc2[nH]ccc12. The molecule has 1 aromatic carbocycles. The molecule has 66 valence electrons. The number of benzene rings is 1. The minimum atomic E-state index is -0.440. The molecule has 0 unspecified atom stereocenters. The van der Waals surface area contributed by atoms with Crippen molar-refractivity contribution < 1.29 is 9.90 Å². The largest absolute Gasteiger partial charge is 0.388 e. The number of rotatable bonds is 2. The second-order valence-electron chi connectivity index (χ2n) is 2.83. The van der Waals surface area contributed by atoms with Crippen LogP contribution < -0.4 is 0 Å². The molecule has 0 bridgehead atoms. The zero-order valence-corrected chi connectivity index (χ0v) is 6.95. The highest BCUT2D eigenvalue weighted by Crippen LogP contribution is 2.17. The highest BCUT2D eigenvalue weighted by atomic mass is 16.3. The molecule has 0 saturated heterocycles. The van der Waals surface area contributed by atoms with Crippen molar-refractivity contribution in [2.24, 2.45) is 0 Å². The standard InChI is InChI=1S/C10H9NO2/c12-6-10(13)8-2-1-3-9-7(8)4-5-11-9/h1-5,11-12H,6H2. The van der Waals surface area contributed by atoms with E-state index in [0.717, 1.165) is 10.9 Å². The molecule has 3 nitrogen and oxygen atoms in total. The number of aromatic nitrogens is 1. The van der Waals surface area contributed by atoms with Gasteiger partial charge in [-0.15, -0.1) is 0 Å². The van der Waals surface area contributed by atoms with Crippen molar-refractivity contribution in [2.45, 2.75) is 0 Å². The molecule has 13 heavy (non-hydrogen) atoms. The van der Waals surface area contributed by atoms with Crippen LogP contribution in [0.1, 0.15) is 10.4 Å². The van der Waals surface area contributed by atoms with Crippen LogP contribution in [0.4, 0.5) is 0 Å². The lowest BCUT2D eigenvalue weighted by Crippen LogP contribution is -2.04. The Labute approximate surface area is 75.0 Å². The first-order chi connectivity index (χ1) is 6.33. The van der Waals surface area contributed by atoms with Crippen LogP contribution >= 0.6 is 0 Å². The molecule has 0 amide bonds. The Hall–Kier alpha value is -1.61. The molecule has 0 fully saturated rings. The number of carbonyl (C=O) groups excluding carboxylic acids is 1. The molecule has 0 saturated carbocycles. The van der Waals surface area contributed by atoms with Gasteiger partial charge in [0.2, 0.25) is 0 Å². The van der Waals surface area contributed by atoms with Crippen LogP contribution in [0, 0.1) is 0 Å². The first-order valence-corrected chi connectivity index (χ1v) is 4.03. The fourth-order valence-corrected chi connectivity index (χ4v) is 1.41. The average molecular weight is 175 g/mol. The number of aliphatic hydroxyl groups is 1. The Kier molecular flexibility index (Phi) is 1.87. The molecule has 2 rings (SSSR count). The summed E-state index contributed by atoms with van der Waals surface area (Å²) in [6, 6.07) is 7.23. The third kappa shape index (κ3) is 1.23. The zero-order valence-electron chi connectivity index (χ0n) is 6.95. The molecule has 3 heteroatoms. The Balaban J connectivity index is 2.67. The predicted molar refractivity (Wildman–Crippen MR) is 49.7 cm³/mol. The van der Waals surface area contributed by atoms with Crippen molar-refractivity contribution in [2.75, 3.05) is 6.61 Å². The van der Waals surface area contributed by atoms with Gasteiger partial charge in [-0.2, -0.15) is 0 Å². The average Bonchev–Trinajstić information content (AvgIpc) is 2.63. The van der Waals surface area contributed by atoms with Crippen LogP contribution in [0.3, 0.4) is 0 Å². The fourth-order valence-electron chi connectivity index (χ4n) is 1.41. The Morgan fingerprint density at radius 3 is 3.00 bits per heavy atom. The van der Waals surface area contributed by atoms with Crippen LogP contribution in [-0.4, -0.2) is 22.5 Å². The third-order valence-electron chi connectivity index (χ3n) is 2.04. The van der Waals surface area contributed by atoms with Gasteiger partial charge < -0.3 is 10.1 Å². The molecule has 1 heterocycles. The van der Waals surface area contributed by atoms with Crippen LogP contribution in [0.2, 0.25) is 0 Å². The maximum absolute atomic E-state index is 11.3. The second kappa shape index (κ2) is 3.03. The highest BCUT2D eigenvalue weighted by molar-refractivity contribution is 6.08. The van der Waals surface area contributed by atoms with Crippen molar-refractivity contribution in [3.05, 3.63) is 36.0 Å². The van der Waals surface area contributed by atoms with Crippen LogP contribution in [0.5, 0.6) is 0 Å². The quantitative estimate of drug-likeness (QED) is 0.677. The van der Waals surface area contributed by atoms with Crippen molar-refractivity contribution >= 4 is 16.7 Å². The maximum Gasteiger partial charge on any atom is 0.188 e. The number of nitrogens with one attached hydrogen (secondary N) is 1. The normalized spacial score (nSPS) is 10.5. The summed E-state index contributed by atoms with van der Waals surface area (Å²) in [5.74, 6) is -0.245. The zero-order chi connectivity index (χ0) is 9.26. The molecule has 0 aliphatic heterocycles. The van der Waals surface area contributed by atoms with E-state index in [1.807, 2.05) is 12.1 Å². The van der Waals surface area contributed by atoms with Crippen molar-refractivity contribution in [1.29, 1.82) is 0 Å². The number of fused-ring (bicyclic) bond motifs is 1. The predicted octanol–water partition coefficient (Wildman–Crippen LogP) is 1.34. The molecule has 2 aromatic rings. The second-order valence-corrected chi connectivity index (χ2v) is 2.83. The van der Waals surface area contributed by atoms with E-state index >= 15 is 0 Å². The van der Waals surface area contributed by atoms with Gasteiger partial charge in [0.25, 0.3) is 0 Å². The minimum absolute atomic E-state index is 0.245. The molecular weight excluding hydrogens is 166 g/mol. The van der Waals surface area contributed by atoms with E-state index in [1.165, 1.54) is 0 Å². The molecular formula is C10H9NO2. The topological polar surface area (TPSA) is 53.1 Å². The van der Waals surface area contributed by atoms with Gasteiger partial charge in [0.05, 0.1) is 0 Å². The van der Waals surface area contributed by atoms with Crippen LogP contribution in [0.15, 0.2) is 30.5 Å². The first-order valence-electron chi connectivity index (χ1n) is 4.03. The fraction of sp³-hybridized carbons (Fsp3) is 0.100. The number of ketones is 1. The molecule has 0 radical (unpaired) electrons. The molecule has 0 aliphatic carbocycles. The van der Waals surface area contributed by atoms with Gasteiger partial charge in [0.1, 0.15) is 6.61 Å². The van der Waals surface area contributed by atoms with Gasteiger partial charge in [-0.25, -0.2) is 0 Å². The molecule has 2 N–H and O–H groups in total.